The Labute approximate surface area is 71.0 Å². The highest BCUT2D eigenvalue weighted by molar-refractivity contribution is 5.30. The van der Waals surface area contributed by atoms with E-state index in [1.807, 2.05) is 7.05 Å². The van der Waals surface area contributed by atoms with E-state index in [0.717, 1.165) is 18.7 Å². The molecule has 0 unspecified atom stereocenters. The van der Waals surface area contributed by atoms with Gasteiger partial charge in [0.05, 0.1) is 12.4 Å². The Kier molecular flexibility index (Phi) is 1.81. The molecular formula is C8H11N3O. The second-order valence-corrected chi connectivity index (χ2v) is 2.81. The molecule has 12 heavy (non-hydrogen) atoms. The molecule has 2 rings (SSSR count). The van der Waals surface area contributed by atoms with Gasteiger partial charge in [-0.2, -0.15) is 0 Å². The van der Waals surface area contributed by atoms with E-state index in [0.29, 0.717) is 12.0 Å². The summed E-state index contributed by atoms with van der Waals surface area (Å²) in [6.07, 6.45) is 5.99. The molecule has 0 atom stereocenters. The highest BCUT2D eigenvalue weighted by Crippen LogP contribution is 2.24. The van der Waals surface area contributed by atoms with Crippen molar-refractivity contribution in [1.82, 2.24) is 9.97 Å². The summed E-state index contributed by atoms with van der Waals surface area (Å²) in [7, 11) is 1.81. The van der Waals surface area contributed by atoms with E-state index in [-0.39, 0.29) is 0 Å². The van der Waals surface area contributed by atoms with Gasteiger partial charge < -0.3 is 10.1 Å². The van der Waals surface area contributed by atoms with E-state index in [9.17, 15) is 0 Å². The van der Waals surface area contributed by atoms with E-state index in [1.165, 1.54) is 0 Å². The van der Waals surface area contributed by atoms with Crippen LogP contribution in [0.3, 0.4) is 0 Å². The predicted molar refractivity (Wildman–Crippen MR) is 45.2 cm³/mol. The minimum Gasteiger partial charge on any atom is -0.473 e. The molecule has 1 fully saturated rings. The Bertz CT molecular complexity index is 256. The number of aromatic nitrogens is 2. The topological polar surface area (TPSA) is 47.0 Å². The van der Waals surface area contributed by atoms with Crippen molar-refractivity contribution in [3.63, 3.8) is 0 Å². The third-order valence-corrected chi connectivity index (χ3v) is 1.70. The second-order valence-electron chi connectivity index (χ2n) is 2.81. The second kappa shape index (κ2) is 2.97. The average Bonchev–Trinajstić information content (AvgIpc) is 2.90. The van der Waals surface area contributed by atoms with Gasteiger partial charge in [0.15, 0.2) is 0 Å². The van der Waals surface area contributed by atoms with Gasteiger partial charge in [-0.1, -0.05) is 0 Å². The number of rotatable bonds is 3. The molecule has 64 valence electrons. The van der Waals surface area contributed by atoms with Gasteiger partial charge in [-0.15, -0.1) is 0 Å². The summed E-state index contributed by atoms with van der Waals surface area (Å²) in [5.41, 5.74) is 0. The molecule has 0 saturated heterocycles. The number of nitrogens with zero attached hydrogens (tertiary/aromatic N) is 2. The average molecular weight is 165 g/mol. The summed E-state index contributed by atoms with van der Waals surface area (Å²) in [5.74, 6) is 1.38. The van der Waals surface area contributed by atoms with Crippen LogP contribution >= 0.6 is 0 Å². The van der Waals surface area contributed by atoms with Gasteiger partial charge in [0.1, 0.15) is 11.9 Å². The minimum absolute atomic E-state index is 0.389. The van der Waals surface area contributed by atoms with Crippen LogP contribution in [-0.4, -0.2) is 23.1 Å². The number of ether oxygens (including phenoxy) is 1. The van der Waals surface area contributed by atoms with Crippen molar-refractivity contribution < 1.29 is 4.74 Å². The highest BCUT2D eigenvalue weighted by atomic mass is 16.5. The zero-order chi connectivity index (χ0) is 8.39. The largest absolute Gasteiger partial charge is 0.473 e. The Morgan fingerprint density at radius 2 is 2.25 bits per heavy atom. The van der Waals surface area contributed by atoms with Gasteiger partial charge >= 0.3 is 0 Å². The zero-order valence-corrected chi connectivity index (χ0v) is 6.95. The summed E-state index contributed by atoms with van der Waals surface area (Å²) >= 11 is 0. The van der Waals surface area contributed by atoms with Crippen LogP contribution in [0, 0.1) is 0 Å². The number of anilines is 1. The fraction of sp³-hybridized carbons (Fsp3) is 0.500. The summed E-state index contributed by atoms with van der Waals surface area (Å²) in [6, 6.07) is 0. The third-order valence-electron chi connectivity index (χ3n) is 1.70. The molecule has 1 aromatic rings. The van der Waals surface area contributed by atoms with E-state index in [4.69, 9.17) is 4.74 Å². The Hall–Kier alpha value is -1.32. The van der Waals surface area contributed by atoms with Gasteiger partial charge in [-0.25, -0.2) is 9.97 Å². The van der Waals surface area contributed by atoms with E-state index in [2.05, 4.69) is 15.3 Å². The van der Waals surface area contributed by atoms with Crippen LogP contribution in [0.25, 0.3) is 0 Å². The van der Waals surface area contributed by atoms with Gasteiger partial charge in [-0.3, -0.25) is 0 Å². The minimum atomic E-state index is 0.389. The standard InChI is InChI=1S/C8H11N3O/c1-9-7-4-11-8(5-10-7)12-6-2-3-6/h4-6H,2-3H2,1H3,(H,9,10). The number of hydrogen-bond donors (Lipinski definition) is 1. The monoisotopic (exact) mass is 165 g/mol. The van der Waals surface area contributed by atoms with Crippen LogP contribution in [0.15, 0.2) is 12.4 Å². The molecule has 0 radical (unpaired) electrons. The van der Waals surface area contributed by atoms with Crippen LogP contribution in [-0.2, 0) is 0 Å². The lowest BCUT2D eigenvalue weighted by molar-refractivity contribution is 0.290. The first-order valence-electron chi connectivity index (χ1n) is 4.05. The summed E-state index contributed by atoms with van der Waals surface area (Å²) in [6.45, 7) is 0. The van der Waals surface area contributed by atoms with E-state index < -0.39 is 0 Å². The smallest absolute Gasteiger partial charge is 0.232 e. The molecular weight excluding hydrogens is 154 g/mol. The molecule has 0 spiro atoms. The van der Waals surface area contributed by atoms with E-state index in [1.54, 1.807) is 12.4 Å². The Morgan fingerprint density at radius 3 is 2.75 bits per heavy atom. The van der Waals surface area contributed by atoms with Crippen LogP contribution in [0.4, 0.5) is 5.82 Å². The van der Waals surface area contributed by atoms with Crippen LogP contribution in [0.1, 0.15) is 12.8 Å². The van der Waals surface area contributed by atoms with Crippen molar-refractivity contribution in [1.29, 1.82) is 0 Å². The van der Waals surface area contributed by atoms with E-state index >= 15 is 0 Å². The van der Waals surface area contributed by atoms with Crippen molar-refractivity contribution in [2.24, 2.45) is 0 Å². The normalized spacial score (nSPS) is 15.8. The SMILES string of the molecule is CNc1cnc(OC2CC2)cn1. The fourth-order valence-corrected chi connectivity index (χ4v) is 0.863. The highest BCUT2D eigenvalue weighted by Gasteiger charge is 2.23. The predicted octanol–water partition coefficient (Wildman–Crippen LogP) is 1.06. The van der Waals surface area contributed by atoms with Crippen molar-refractivity contribution in [2.75, 3.05) is 12.4 Å². The lowest BCUT2D eigenvalue weighted by Crippen LogP contribution is -2.00. The first-order chi connectivity index (χ1) is 5.88. The number of nitrogens with one attached hydrogen (secondary N) is 1. The third kappa shape index (κ3) is 1.64. The molecule has 1 aromatic heterocycles. The molecule has 1 aliphatic rings. The van der Waals surface area contributed by atoms with Crippen LogP contribution in [0.5, 0.6) is 5.88 Å². The molecule has 4 heteroatoms. The summed E-state index contributed by atoms with van der Waals surface area (Å²) < 4.78 is 5.42. The summed E-state index contributed by atoms with van der Waals surface area (Å²) in [4.78, 5) is 8.16. The van der Waals surface area contributed by atoms with Gasteiger partial charge in [-0.05, 0) is 12.8 Å². The van der Waals surface area contributed by atoms with Crippen molar-refractivity contribution >= 4 is 5.82 Å². The lowest BCUT2D eigenvalue weighted by Gasteiger charge is -2.02. The van der Waals surface area contributed by atoms with Gasteiger partial charge in [0.2, 0.25) is 5.88 Å². The molecule has 1 heterocycles. The fourth-order valence-electron chi connectivity index (χ4n) is 0.863. The molecule has 4 nitrogen and oxygen atoms in total. The van der Waals surface area contributed by atoms with Crippen molar-refractivity contribution in [3.8, 4) is 5.88 Å². The van der Waals surface area contributed by atoms with Crippen LogP contribution < -0.4 is 10.1 Å². The van der Waals surface area contributed by atoms with Crippen LogP contribution in [0.2, 0.25) is 0 Å². The molecule has 1 N–H and O–H groups in total. The lowest BCUT2D eigenvalue weighted by atomic mass is 10.6. The first-order valence-corrected chi connectivity index (χ1v) is 4.05. The van der Waals surface area contributed by atoms with Gasteiger partial charge in [0, 0.05) is 7.05 Å². The Balaban J connectivity index is 2.02. The maximum atomic E-state index is 5.42. The molecule has 0 aliphatic heterocycles. The van der Waals surface area contributed by atoms with Gasteiger partial charge in [0.25, 0.3) is 0 Å². The van der Waals surface area contributed by atoms with Crippen molar-refractivity contribution in [2.45, 2.75) is 18.9 Å². The molecule has 1 saturated carbocycles. The number of hydrogen-bond acceptors (Lipinski definition) is 4. The first kappa shape index (κ1) is 7.34. The molecule has 0 bridgehead atoms. The maximum Gasteiger partial charge on any atom is 0.232 e. The molecule has 0 aromatic carbocycles. The Morgan fingerprint density at radius 1 is 1.42 bits per heavy atom. The summed E-state index contributed by atoms with van der Waals surface area (Å²) in [5, 5.41) is 2.89. The molecule has 1 aliphatic carbocycles. The van der Waals surface area contributed by atoms with Crippen molar-refractivity contribution in [3.05, 3.63) is 12.4 Å². The molecule has 0 amide bonds. The maximum absolute atomic E-state index is 5.42. The quantitative estimate of drug-likeness (QED) is 0.727. The zero-order valence-electron chi connectivity index (χ0n) is 6.95.